The molecule has 0 radical (unpaired) electrons. The Bertz CT molecular complexity index is 827. The summed E-state index contributed by atoms with van der Waals surface area (Å²) >= 11 is 0. The van der Waals surface area contributed by atoms with Crippen LogP contribution in [0.25, 0.3) is 11.1 Å². The van der Waals surface area contributed by atoms with E-state index in [-0.39, 0.29) is 5.60 Å². The van der Waals surface area contributed by atoms with E-state index in [0.717, 1.165) is 17.0 Å². The van der Waals surface area contributed by atoms with E-state index in [1.807, 2.05) is 45.9 Å². The second-order valence-electron chi connectivity index (χ2n) is 6.98. The molecule has 0 saturated heterocycles. The Morgan fingerprint density at radius 3 is 1.96 bits per heavy atom. The van der Waals surface area contributed by atoms with Crippen molar-refractivity contribution in [1.82, 2.24) is 4.98 Å². The summed E-state index contributed by atoms with van der Waals surface area (Å²) in [7, 11) is 1.63. The molecule has 0 fully saturated rings. The molecule has 154 valence electrons. The van der Waals surface area contributed by atoms with Crippen LogP contribution in [0.4, 0.5) is 13.2 Å². The van der Waals surface area contributed by atoms with Gasteiger partial charge in [-0.1, -0.05) is 6.07 Å². The number of hydrogen-bond donors (Lipinski definition) is 1. The van der Waals surface area contributed by atoms with Crippen molar-refractivity contribution in [3.8, 4) is 22.8 Å². The zero-order chi connectivity index (χ0) is 21.7. The zero-order valence-corrected chi connectivity index (χ0v) is 16.6. The first-order valence-electron chi connectivity index (χ1n) is 8.36. The van der Waals surface area contributed by atoms with Gasteiger partial charge in [0.15, 0.2) is 0 Å². The van der Waals surface area contributed by atoms with Gasteiger partial charge in [0, 0.05) is 17.3 Å². The van der Waals surface area contributed by atoms with Crippen LogP contribution in [-0.2, 0) is 4.79 Å². The number of aryl methyl sites for hydroxylation is 2. The number of rotatable bonds is 3. The molecule has 8 heteroatoms. The van der Waals surface area contributed by atoms with Crippen LogP contribution in [-0.4, -0.2) is 34.9 Å². The molecule has 2 aromatic rings. The fraction of sp³-hybridized carbons (Fsp3) is 0.400. The number of ether oxygens (including phenoxy) is 2. The number of methoxy groups -OCH3 is 1. The molecular formula is C20H24F3NO4. The monoisotopic (exact) mass is 399 g/mol. The first-order chi connectivity index (χ1) is 12.7. The number of halogens is 3. The summed E-state index contributed by atoms with van der Waals surface area (Å²) in [4.78, 5) is 13.3. The molecule has 0 atom stereocenters. The van der Waals surface area contributed by atoms with E-state index in [1.165, 1.54) is 11.1 Å². The molecule has 1 aromatic heterocycles. The molecular weight excluding hydrogens is 375 g/mol. The summed E-state index contributed by atoms with van der Waals surface area (Å²) < 4.78 is 42.8. The lowest BCUT2D eigenvalue weighted by atomic mass is 9.99. The summed E-state index contributed by atoms with van der Waals surface area (Å²) in [5, 5.41) is 7.12. The second kappa shape index (κ2) is 8.95. The predicted molar refractivity (Wildman–Crippen MR) is 99.8 cm³/mol. The average molecular weight is 399 g/mol. The van der Waals surface area contributed by atoms with Gasteiger partial charge in [-0.3, -0.25) is 0 Å². The fourth-order valence-corrected chi connectivity index (χ4v) is 2.29. The van der Waals surface area contributed by atoms with Crippen LogP contribution < -0.4 is 9.47 Å². The molecule has 1 N–H and O–H groups in total. The quantitative estimate of drug-likeness (QED) is 0.770. The van der Waals surface area contributed by atoms with Gasteiger partial charge >= 0.3 is 12.1 Å². The maximum Gasteiger partial charge on any atom is 0.490 e. The van der Waals surface area contributed by atoms with E-state index >= 15 is 0 Å². The number of aliphatic carboxylic acids is 1. The number of benzene rings is 1. The Balaban J connectivity index is 0.000000480. The maximum atomic E-state index is 10.6. The van der Waals surface area contributed by atoms with Crippen LogP contribution in [0, 0.1) is 13.8 Å². The van der Waals surface area contributed by atoms with Crippen LogP contribution in [0.1, 0.15) is 32.0 Å². The third-order valence-corrected chi connectivity index (χ3v) is 3.42. The Hall–Kier alpha value is -2.77. The first-order valence-corrected chi connectivity index (χ1v) is 8.36. The highest BCUT2D eigenvalue weighted by Crippen LogP contribution is 2.30. The molecule has 28 heavy (non-hydrogen) atoms. The van der Waals surface area contributed by atoms with Gasteiger partial charge in [0.2, 0.25) is 5.88 Å². The lowest BCUT2D eigenvalue weighted by Crippen LogP contribution is -2.22. The van der Waals surface area contributed by atoms with Crippen molar-refractivity contribution in [2.45, 2.75) is 46.4 Å². The van der Waals surface area contributed by atoms with E-state index in [4.69, 9.17) is 19.4 Å². The van der Waals surface area contributed by atoms with E-state index in [2.05, 4.69) is 24.0 Å². The minimum absolute atomic E-state index is 0.189. The summed E-state index contributed by atoms with van der Waals surface area (Å²) in [6, 6.07) is 10.1. The lowest BCUT2D eigenvalue weighted by Gasteiger charge is -2.22. The number of carboxylic acid groups (broad SMARTS) is 1. The van der Waals surface area contributed by atoms with Crippen LogP contribution >= 0.6 is 0 Å². The standard InChI is InChI=1S/C18H23NO2.C2HF3O2/c1-12-11-14(21-18(3,4)5)7-8-15(12)16-9-10-17(20-6)19-13(16)2;3-2(4,5)1(6)7/h7-11H,1-6H3;(H,6,7). The summed E-state index contributed by atoms with van der Waals surface area (Å²) in [6.07, 6.45) is -5.08. The van der Waals surface area contributed by atoms with E-state index in [0.29, 0.717) is 5.88 Å². The van der Waals surface area contributed by atoms with Gasteiger partial charge in [0.05, 0.1) is 7.11 Å². The Kier molecular flexibility index (Phi) is 7.43. The van der Waals surface area contributed by atoms with Gasteiger partial charge in [-0.2, -0.15) is 13.2 Å². The van der Waals surface area contributed by atoms with E-state index in [1.54, 1.807) is 7.11 Å². The third kappa shape index (κ3) is 7.09. The highest BCUT2D eigenvalue weighted by atomic mass is 19.4. The molecule has 2 rings (SSSR count). The van der Waals surface area contributed by atoms with Crippen LogP contribution in [0.2, 0.25) is 0 Å². The lowest BCUT2D eigenvalue weighted by molar-refractivity contribution is -0.192. The topological polar surface area (TPSA) is 68.7 Å². The number of pyridine rings is 1. The second-order valence-corrected chi connectivity index (χ2v) is 6.98. The number of carboxylic acids is 1. The fourth-order valence-electron chi connectivity index (χ4n) is 2.29. The highest BCUT2D eigenvalue weighted by Gasteiger charge is 2.38. The van der Waals surface area contributed by atoms with Gasteiger partial charge in [-0.05, 0) is 63.9 Å². The SMILES string of the molecule is COc1ccc(-c2ccc(OC(C)(C)C)cc2C)c(C)n1.O=C(O)C(F)(F)F. The molecule has 5 nitrogen and oxygen atoms in total. The van der Waals surface area contributed by atoms with Crippen LogP contribution in [0.3, 0.4) is 0 Å². The number of hydrogen-bond acceptors (Lipinski definition) is 4. The molecule has 0 aliphatic carbocycles. The third-order valence-electron chi connectivity index (χ3n) is 3.42. The van der Waals surface area contributed by atoms with Crippen LogP contribution in [0.15, 0.2) is 30.3 Å². The van der Waals surface area contributed by atoms with Gasteiger partial charge in [0.25, 0.3) is 0 Å². The molecule has 0 aliphatic heterocycles. The van der Waals surface area contributed by atoms with Crippen molar-refractivity contribution >= 4 is 5.97 Å². The maximum absolute atomic E-state index is 10.6. The minimum atomic E-state index is -5.08. The number of aromatic nitrogens is 1. The Labute approximate surface area is 162 Å². The average Bonchev–Trinajstić information content (AvgIpc) is 2.53. The molecule has 0 spiro atoms. The van der Waals surface area contributed by atoms with Gasteiger partial charge < -0.3 is 14.6 Å². The normalized spacial score (nSPS) is 11.3. The first kappa shape index (κ1) is 23.3. The van der Waals surface area contributed by atoms with Crippen molar-refractivity contribution in [2.75, 3.05) is 7.11 Å². The summed E-state index contributed by atoms with van der Waals surface area (Å²) in [6.45, 7) is 10.2. The largest absolute Gasteiger partial charge is 0.490 e. The summed E-state index contributed by atoms with van der Waals surface area (Å²) in [5.41, 5.74) is 4.24. The Morgan fingerprint density at radius 2 is 1.57 bits per heavy atom. The molecule has 1 heterocycles. The number of nitrogens with zero attached hydrogens (tertiary/aromatic N) is 1. The van der Waals surface area contributed by atoms with E-state index in [9.17, 15) is 13.2 Å². The number of alkyl halides is 3. The predicted octanol–water partition coefficient (Wildman–Crippen LogP) is 5.18. The molecule has 1 aromatic carbocycles. The Morgan fingerprint density at radius 1 is 1.04 bits per heavy atom. The van der Waals surface area contributed by atoms with Gasteiger partial charge in [0.1, 0.15) is 11.4 Å². The van der Waals surface area contributed by atoms with Crippen molar-refractivity contribution in [2.24, 2.45) is 0 Å². The van der Waals surface area contributed by atoms with Gasteiger partial charge in [-0.15, -0.1) is 0 Å². The minimum Gasteiger partial charge on any atom is -0.488 e. The highest BCUT2D eigenvalue weighted by molar-refractivity contribution is 5.73. The van der Waals surface area contributed by atoms with Crippen molar-refractivity contribution in [3.05, 3.63) is 41.6 Å². The molecule has 0 saturated carbocycles. The van der Waals surface area contributed by atoms with Crippen molar-refractivity contribution in [3.63, 3.8) is 0 Å². The summed E-state index contributed by atoms with van der Waals surface area (Å²) in [5.74, 6) is -1.23. The molecule has 0 aliphatic rings. The van der Waals surface area contributed by atoms with Crippen LogP contribution in [0.5, 0.6) is 11.6 Å². The van der Waals surface area contributed by atoms with E-state index < -0.39 is 12.1 Å². The van der Waals surface area contributed by atoms with Crippen molar-refractivity contribution < 1.29 is 32.5 Å². The zero-order valence-electron chi connectivity index (χ0n) is 16.6. The molecule has 0 amide bonds. The molecule has 0 unspecified atom stereocenters. The van der Waals surface area contributed by atoms with Crippen molar-refractivity contribution in [1.29, 1.82) is 0 Å². The smallest absolute Gasteiger partial charge is 0.488 e. The van der Waals surface area contributed by atoms with Gasteiger partial charge in [-0.25, -0.2) is 9.78 Å². The molecule has 0 bridgehead atoms. The number of carbonyl (C=O) groups is 1.